The summed E-state index contributed by atoms with van der Waals surface area (Å²) in [7, 11) is 0. The van der Waals surface area contributed by atoms with E-state index >= 15 is 0 Å². The van der Waals surface area contributed by atoms with E-state index in [1.807, 2.05) is 0 Å². The fourth-order valence-corrected chi connectivity index (χ4v) is 4.68. The molecule has 0 spiro atoms. The Bertz CT molecular complexity index is 1170. The average Bonchev–Trinajstić information content (AvgIpc) is 3.64. The van der Waals surface area contributed by atoms with Crippen LogP contribution < -0.4 is 15.5 Å². The molecule has 0 bridgehead atoms. The van der Waals surface area contributed by atoms with Crippen molar-refractivity contribution in [2.45, 2.75) is 37.9 Å². The fourth-order valence-electron chi connectivity index (χ4n) is 4.68. The third-order valence-electron chi connectivity index (χ3n) is 6.57. The highest BCUT2D eigenvalue weighted by atomic mass is 16.5. The molecule has 35 heavy (non-hydrogen) atoms. The van der Waals surface area contributed by atoms with E-state index in [0.717, 1.165) is 30.6 Å². The number of nitrogens with one attached hydrogen (secondary N) is 2. The Balaban J connectivity index is 1.33. The zero-order chi connectivity index (χ0) is 24.4. The maximum absolute atomic E-state index is 13.3. The number of carbonyl (C=O) groups is 4. The number of anilines is 1. The lowest BCUT2D eigenvalue weighted by molar-refractivity contribution is 0.0854. The van der Waals surface area contributed by atoms with Gasteiger partial charge < -0.3 is 20.1 Å². The first kappa shape index (κ1) is 23.2. The van der Waals surface area contributed by atoms with Gasteiger partial charge in [0.25, 0.3) is 23.6 Å². The second-order valence-corrected chi connectivity index (χ2v) is 8.91. The second-order valence-electron chi connectivity index (χ2n) is 8.91. The lowest BCUT2D eigenvalue weighted by Crippen LogP contribution is -2.35. The van der Waals surface area contributed by atoms with Crippen LogP contribution in [0.4, 0.5) is 5.69 Å². The van der Waals surface area contributed by atoms with Crippen LogP contribution in [0.1, 0.15) is 67.1 Å². The maximum Gasteiger partial charge on any atom is 0.266 e. The van der Waals surface area contributed by atoms with Gasteiger partial charge in [0.05, 0.1) is 34.6 Å². The Morgan fingerprint density at radius 3 is 2.11 bits per heavy atom. The smallest absolute Gasteiger partial charge is 0.266 e. The molecular weight excluding hydrogens is 450 g/mol. The van der Waals surface area contributed by atoms with Gasteiger partial charge in [-0.1, -0.05) is 12.1 Å². The zero-order valence-corrected chi connectivity index (χ0v) is 19.2. The molecule has 3 heterocycles. The number of amides is 4. The second kappa shape index (κ2) is 9.97. The zero-order valence-electron chi connectivity index (χ0n) is 19.2. The summed E-state index contributed by atoms with van der Waals surface area (Å²) < 4.78 is 11.1. The number of ether oxygens (including phenoxy) is 2. The molecule has 0 aromatic heterocycles. The topological polar surface area (TPSA) is 114 Å². The average molecular weight is 478 g/mol. The number of imide groups is 1. The lowest BCUT2D eigenvalue weighted by atomic mass is 10.1. The number of fused-ring (bicyclic) bond motifs is 1. The van der Waals surface area contributed by atoms with Crippen LogP contribution in [0.15, 0.2) is 42.5 Å². The van der Waals surface area contributed by atoms with E-state index in [1.54, 1.807) is 24.3 Å². The molecule has 3 aliphatic heterocycles. The van der Waals surface area contributed by atoms with Crippen LogP contribution in [0.2, 0.25) is 0 Å². The van der Waals surface area contributed by atoms with Crippen LogP contribution in [0, 0.1) is 0 Å². The van der Waals surface area contributed by atoms with Crippen molar-refractivity contribution < 1.29 is 28.7 Å². The summed E-state index contributed by atoms with van der Waals surface area (Å²) in [5.41, 5.74) is 1.03. The van der Waals surface area contributed by atoms with E-state index in [4.69, 9.17) is 9.47 Å². The minimum atomic E-state index is -0.571. The van der Waals surface area contributed by atoms with E-state index < -0.39 is 11.8 Å². The first-order valence-electron chi connectivity index (χ1n) is 11.9. The summed E-state index contributed by atoms with van der Waals surface area (Å²) in [5, 5.41) is 5.67. The van der Waals surface area contributed by atoms with Crippen molar-refractivity contribution >= 4 is 29.3 Å². The number of para-hydroxylation sites is 1. The maximum atomic E-state index is 13.3. The first-order valence-corrected chi connectivity index (χ1v) is 11.9. The molecule has 0 aliphatic carbocycles. The number of carbonyl (C=O) groups excluding carboxylic acids is 4. The number of hydrogen-bond donors (Lipinski definition) is 2. The van der Waals surface area contributed by atoms with E-state index in [9.17, 15) is 19.2 Å². The predicted octanol–water partition coefficient (Wildman–Crippen LogP) is 2.30. The predicted molar refractivity (Wildman–Crippen MR) is 127 cm³/mol. The first-order chi connectivity index (χ1) is 17.0. The number of rotatable bonds is 7. The van der Waals surface area contributed by atoms with Crippen molar-refractivity contribution in [1.82, 2.24) is 10.6 Å². The van der Waals surface area contributed by atoms with Gasteiger partial charge >= 0.3 is 0 Å². The van der Waals surface area contributed by atoms with Crippen LogP contribution >= 0.6 is 0 Å². The molecule has 3 aliphatic rings. The molecule has 9 nitrogen and oxygen atoms in total. The summed E-state index contributed by atoms with van der Waals surface area (Å²) in [6.45, 7) is 2.13. The number of hydrogen-bond acceptors (Lipinski definition) is 6. The highest BCUT2D eigenvalue weighted by Crippen LogP contribution is 2.31. The molecule has 5 rings (SSSR count). The lowest BCUT2D eigenvalue weighted by Gasteiger charge is -2.18. The molecule has 2 fully saturated rings. The normalized spacial score (nSPS) is 21.3. The van der Waals surface area contributed by atoms with Crippen molar-refractivity contribution in [2.75, 3.05) is 31.2 Å². The quantitative estimate of drug-likeness (QED) is 0.592. The summed E-state index contributed by atoms with van der Waals surface area (Å²) in [6, 6.07) is 10.9. The molecule has 182 valence electrons. The Hall–Kier alpha value is -3.56. The van der Waals surface area contributed by atoms with Gasteiger partial charge in [0.1, 0.15) is 0 Å². The van der Waals surface area contributed by atoms with Gasteiger partial charge in [0.2, 0.25) is 0 Å². The molecule has 0 unspecified atom stereocenters. The molecule has 2 N–H and O–H groups in total. The van der Waals surface area contributed by atoms with E-state index in [1.165, 1.54) is 18.2 Å². The SMILES string of the molecule is O=C(NC[C@H]1CCCO1)c1ccc2c(c1)C(=O)N(c1ccccc1C(=O)NC[C@@H]1CCCO1)C2=O. The van der Waals surface area contributed by atoms with Crippen LogP contribution in [0.3, 0.4) is 0 Å². The van der Waals surface area contributed by atoms with Crippen LogP contribution in [-0.2, 0) is 9.47 Å². The number of nitrogens with zero attached hydrogens (tertiary/aromatic N) is 1. The summed E-state index contributed by atoms with van der Waals surface area (Å²) in [4.78, 5) is 53.0. The highest BCUT2D eigenvalue weighted by Gasteiger charge is 2.39. The molecular formula is C26H27N3O6. The minimum Gasteiger partial charge on any atom is -0.376 e. The molecule has 9 heteroatoms. The Kier molecular flexibility index (Phi) is 6.61. The Labute approximate surface area is 202 Å². The molecule has 0 saturated carbocycles. The van der Waals surface area contributed by atoms with Crippen molar-refractivity contribution in [3.05, 3.63) is 64.7 Å². The van der Waals surface area contributed by atoms with Crippen LogP contribution in [-0.4, -0.2) is 62.1 Å². The van der Waals surface area contributed by atoms with Crippen molar-refractivity contribution in [1.29, 1.82) is 0 Å². The Morgan fingerprint density at radius 1 is 0.829 bits per heavy atom. The van der Waals surface area contributed by atoms with Crippen molar-refractivity contribution in [3.63, 3.8) is 0 Å². The summed E-state index contributed by atoms with van der Waals surface area (Å²) >= 11 is 0. The standard InChI is InChI=1S/C26H27N3O6/c30-23(27-14-17-5-3-11-34-17)16-9-10-19-21(13-16)26(33)29(25(19)32)22-8-2-1-7-20(22)24(31)28-15-18-6-4-12-35-18/h1-2,7-10,13,17-18H,3-6,11-12,14-15H2,(H,27,30)(H,28,31)/t17-,18+/m1/s1. The highest BCUT2D eigenvalue weighted by molar-refractivity contribution is 6.35. The molecule has 2 saturated heterocycles. The largest absolute Gasteiger partial charge is 0.376 e. The van der Waals surface area contributed by atoms with Gasteiger partial charge in [-0.25, -0.2) is 4.90 Å². The fraction of sp³-hybridized carbons (Fsp3) is 0.385. The van der Waals surface area contributed by atoms with Crippen molar-refractivity contribution in [2.24, 2.45) is 0 Å². The van der Waals surface area contributed by atoms with Gasteiger partial charge in [0.15, 0.2) is 0 Å². The van der Waals surface area contributed by atoms with E-state index in [2.05, 4.69) is 10.6 Å². The van der Waals surface area contributed by atoms with Crippen LogP contribution in [0.25, 0.3) is 0 Å². The summed E-state index contributed by atoms with van der Waals surface area (Å²) in [5.74, 6) is -1.83. The molecule has 2 aromatic carbocycles. The summed E-state index contributed by atoms with van der Waals surface area (Å²) in [6.07, 6.45) is 3.67. The molecule has 2 aromatic rings. The third kappa shape index (κ3) is 4.69. The monoisotopic (exact) mass is 477 g/mol. The van der Waals surface area contributed by atoms with Crippen LogP contribution in [0.5, 0.6) is 0 Å². The minimum absolute atomic E-state index is 0.00467. The van der Waals surface area contributed by atoms with Crippen molar-refractivity contribution in [3.8, 4) is 0 Å². The van der Waals surface area contributed by atoms with E-state index in [0.29, 0.717) is 26.3 Å². The van der Waals surface area contributed by atoms with Gasteiger partial charge in [-0.15, -0.1) is 0 Å². The molecule has 0 radical (unpaired) electrons. The van der Waals surface area contributed by atoms with Gasteiger partial charge in [-0.3, -0.25) is 19.2 Å². The van der Waals surface area contributed by atoms with Gasteiger partial charge in [-0.2, -0.15) is 0 Å². The van der Waals surface area contributed by atoms with E-state index in [-0.39, 0.29) is 52.0 Å². The Morgan fingerprint density at radius 2 is 1.46 bits per heavy atom. The molecule has 2 atom stereocenters. The number of benzene rings is 2. The van der Waals surface area contributed by atoms with Gasteiger partial charge in [0, 0.05) is 31.9 Å². The third-order valence-corrected chi connectivity index (χ3v) is 6.57. The van der Waals surface area contributed by atoms with Gasteiger partial charge in [-0.05, 0) is 56.0 Å². The molecule has 4 amide bonds.